The van der Waals surface area contributed by atoms with Crippen molar-refractivity contribution in [1.82, 2.24) is 15.0 Å². The average Bonchev–Trinajstić information content (AvgIpc) is 2.17. The van der Waals surface area contributed by atoms with Crippen molar-refractivity contribution in [3.05, 3.63) is 52.3 Å². The molecule has 0 aliphatic heterocycles. The third-order valence-electron chi connectivity index (χ3n) is 1.84. The Morgan fingerprint density at radius 3 is 2.73 bits per heavy atom. The number of nitrogens with zero attached hydrogens (tertiary/aromatic N) is 3. The fraction of sp³-hybridized carbons (Fsp3) is 0.100. The Morgan fingerprint density at radius 2 is 2.00 bits per heavy atom. The molecular weight excluding hydrogens is 233 g/mol. The lowest BCUT2D eigenvalue weighted by atomic mass is 10.1. The Bertz CT molecular complexity index is 430. The monoisotopic (exact) mass is 239 g/mol. The molecular formula is C10H7Cl2N3. The van der Waals surface area contributed by atoms with E-state index < -0.39 is 0 Å². The number of rotatable bonds is 2. The van der Waals surface area contributed by atoms with E-state index >= 15 is 0 Å². The van der Waals surface area contributed by atoms with Crippen LogP contribution in [-0.2, 0) is 6.42 Å². The summed E-state index contributed by atoms with van der Waals surface area (Å²) in [7, 11) is 0. The van der Waals surface area contributed by atoms with Gasteiger partial charge in [-0.05, 0) is 29.3 Å². The van der Waals surface area contributed by atoms with E-state index in [4.69, 9.17) is 23.2 Å². The first kappa shape index (κ1) is 10.3. The van der Waals surface area contributed by atoms with Gasteiger partial charge in [-0.25, -0.2) is 15.0 Å². The van der Waals surface area contributed by atoms with E-state index in [1.165, 1.54) is 6.33 Å². The predicted molar refractivity (Wildman–Crippen MR) is 59.1 cm³/mol. The minimum Gasteiger partial charge on any atom is -0.221 e. The van der Waals surface area contributed by atoms with Crippen LogP contribution in [0.1, 0.15) is 11.4 Å². The van der Waals surface area contributed by atoms with Crippen LogP contribution in [0, 0.1) is 0 Å². The summed E-state index contributed by atoms with van der Waals surface area (Å²) in [6.07, 6.45) is 2.00. The lowest BCUT2D eigenvalue weighted by Gasteiger charge is -2.00. The standard InChI is InChI=1S/C10H7Cl2N3/c11-8-3-1-2-7(4-8)5-9-13-6-14-10(12)15-9/h1-4,6H,5H2. The maximum atomic E-state index is 5.86. The van der Waals surface area contributed by atoms with E-state index in [9.17, 15) is 0 Å². The molecule has 0 fully saturated rings. The van der Waals surface area contributed by atoms with Crippen LogP contribution in [0.15, 0.2) is 30.6 Å². The number of hydrogen-bond acceptors (Lipinski definition) is 3. The summed E-state index contributed by atoms with van der Waals surface area (Å²) < 4.78 is 0. The molecule has 0 bridgehead atoms. The van der Waals surface area contributed by atoms with Gasteiger partial charge in [-0.3, -0.25) is 0 Å². The van der Waals surface area contributed by atoms with Gasteiger partial charge in [0.05, 0.1) is 0 Å². The highest BCUT2D eigenvalue weighted by Gasteiger charge is 2.01. The molecule has 0 aliphatic rings. The van der Waals surface area contributed by atoms with Crippen LogP contribution in [0.25, 0.3) is 0 Å². The highest BCUT2D eigenvalue weighted by atomic mass is 35.5. The Hall–Kier alpha value is -1.19. The molecule has 3 nitrogen and oxygen atoms in total. The zero-order valence-electron chi connectivity index (χ0n) is 7.69. The largest absolute Gasteiger partial charge is 0.225 e. The maximum absolute atomic E-state index is 5.86. The molecule has 0 unspecified atom stereocenters. The number of aromatic nitrogens is 3. The molecule has 0 N–H and O–H groups in total. The fourth-order valence-electron chi connectivity index (χ4n) is 1.22. The van der Waals surface area contributed by atoms with Crippen molar-refractivity contribution in [2.24, 2.45) is 0 Å². The van der Waals surface area contributed by atoms with Gasteiger partial charge in [0.2, 0.25) is 5.28 Å². The van der Waals surface area contributed by atoms with Crippen LogP contribution in [0.3, 0.4) is 0 Å². The second-order valence-corrected chi connectivity index (χ2v) is 3.75. The van der Waals surface area contributed by atoms with Gasteiger partial charge in [-0.15, -0.1) is 0 Å². The zero-order chi connectivity index (χ0) is 10.7. The Morgan fingerprint density at radius 1 is 1.13 bits per heavy atom. The van der Waals surface area contributed by atoms with E-state index in [1.54, 1.807) is 0 Å². The van der Waals surface area contributed by atoms with Crippen LogP contribution >= 0.6 is 23.2 Å². The van der Waals surface area contributed by atoms with Crippen molar-refractivity contribution >= 4 is 23.2 Å². The summed E-state index contributed by atoms with van der Waals surface area (Å²) in [5.41, 5.74) is 1.05. The van der Waals surface area contributed by atoms with Gasteiger partial charge in [0.25, 0.3) is 0 Å². The number of halogens is 2. The topological polar surface area (TPSA) is 38.7 Å². The smallest absolute Gasteiger partial charge is 0.221 e. The van der Waals surface area contributed by atoms with Gasteiger partial charge in [-0.1, -0.05) is 23.7 Å². The fourth-order valence-corrected chi connectivity index (χ4v) is 1.58. The molecule has 1 heterocycles. The summed E-state index contributed by atoms with van der Waals surface area (Å²) >= 11 is 11.5. The molecule has 0 saturated carbocycles. The Balaban J connectivity index is 2.22. The molecule has 2 rings (SSSR count). The first-order chi connectivity index (χ1) is 7.24. The van der Waals surface area contributed by atoms with Crippen molar-refractivity contribution < 1.29 is 0 Å². The van der Waals surface area contributed by atoms with Gasteiger partial charge >= 0.3 is 0 Å². The SMILES string of the molecule is Clc1cccc(Cc2ncnc(Cl)n2)c1. The molecule has 2 aromatic rings. The summed E-state index contributed by atoms with van der Waals surface area (Å²) in [4.78, 5) is 11.7. The summed E-state index contributed by atoms with van der Waals surface area (Å²) in [6.45, 7) is 0. The van der Waals surface area contributed by atoms with Gasteiger partial charge < -0.3 is 0 Å². The van der Waals surface area contributed by atoms with Crippen LogP contribution in [0.5, 0.6) is 0 Å². The van der Waals surface area contributed by atoms with E-state index in [0.29, 0.717) is 17.3 Å². The third-order valence-corrected chi connectivity index (χ3v) is 2.26. The molecule has 0 atom stereocenters. The highest BCUT2D eigenvalue weighted by molar-refractivity contribution is 6.30. The predicted octanol–water partition coefficient (Wildman–Crippen LogP) is 2.77. The molecule has 1 aromatic heterocycles. The molecule has 1 aromatic carbocycles. The minimum atomic E-state index is 0.210. The van der Waals surface area contributed by atoms with Crippen molar-refractivity contribution in [2.45, 2.75) is 6.42 Å². The lowest BCUT2D eigenvalue weighted by molar-refractivity contribution is 0.918. The summed E-state index contributed by atoms with van der Waals surface area (Å²) in [6, 6.07) is 7.55. The molecule has 76 valence electrons. The van der Waals surface area contributed by atoms with E-state index in [0.717, 1.165) is 5.56 Å². The zero-order valence-corrected chi connectivity index (χ0v) is 9.20. The molecule has 0 saturated heterocycles. The second-order valence-electron chi connectivity index (χ2n) is 2.98. The van der Waals surface area contributed by atoms with Gasteiger partial charge in [0.1, 0.15) is 12.2 Å². The van der Waals surface area contributed by atoms with Crippen molar-refractivity contribution in [1.29, 1.82) is 0 Å². The number of benzene rings is 1. The molecule has 0 radical (unpaired) electrons. The van der Waals surface area contributed by atoms with Crippen LogP contribution in [-0.4, -0.2) is 15.0 Å². The van der Waals surface area contributed by atoms with Crippen LogP contribution in [0.2, 0.25) is 10.3 Å². The maximum Gasteiger partial charge on any atom is 0.225 e. The summed E-state index contributed by atoms with van der Waals surface area (Å²) in [5.74, 6) is 0.636. The molecule has 15 heavy (non-hydrogen) atoms. The van der Waals surface area contributed by atoms with E-state index in [1.807, 2.05) is 24.3 Å². The van der Waals surface area contributed by atoms with Gasteiger partial charge in [0.15, 0.2) is 0 Å². The first-order valence-corrected chi connectivity index (χ1v) is 5.07. The normalized spacial score (nSPS) is 10.3. The van der Waals surface area contributed by atoms with Crippen LogP contribution < -0.4 is 0 Å². The molecule has 0 spiro atoms. The van der Waals surface area contributed by atoms with E-state index in [-0.39, 0.29) is 5.28 Å². The van der Waals surface area contributed by atoms with Crippen molar-refractivity contribution in [3.8, 4) is 0 Å². The van der Waals surface area contributed by atoms with Gasteiger partial charge in [0, 0.05) is 11.4 Å². The lowest BCUT2D eigenvalue weighted by Crippen LogP contribution is -1.97. The summed E-state index contributed by atoms with van der Waals surface area (Å²) in [5, 5.41) is 0.912. The van der Waals surface area contributed by atoms with Crippen LogP contribution in [0.4, 0.5) is 0 Å². The van der Waals surface area contributed by atoms with Crippen molar-refractivity contribution in [3.63, 3.8) is 0 Å². The Kier molecular flexibility index (Phi) is 3.14. The highest BCUT2D eigenvalue weighted by Crippen LogP contribution is 2.13. The molecule has 5 heteroatoms. The van der Waals surface area contributed by atoms with Crippen molar-refractivity contribution in [2.75, 3.05) is 0 Å². The van der Waals surface area contributed by atoms with E-state index in [2.05, 4.69) is 15.0 Å². The quantitative estimate of drug-likeness (QED) is 0.810. The van der Waals surface area contributed by atoms with Gasteiger partial charge in [-0.2, -0.15) is 0 Å². The second kappa shape index (κ2) is 4.55. The number of hydrogen-bond donors (Lipinski definition) is 0. The molecule has 0 aliphatic carbocycles. The molecule has 0 amide bonds. The average molecular weight is 240 g/mol. The first-order valence-electron chi connectivity index (χ1n) is 4.32. The third kappa shape index (κ3) is 2.88. The Labute approximate surface area is 97.1 Å². The minimum absolute atomic E-state index is 0.210.